The van der Waals surface area contributed by atoms with Crippen LogP contribution >= 0.6 is 10.7 Å². The number of rotatable bonds is 17. The Hall–Kier alpha value is -8.39. The number of nitrogens with one attached hydrogen (secondary N) is 3. The number of likely N-dealkylation sites (tertiary alicyclic amines) is 1. The van der Waals surface area contributed by atoms with E-state index in [1.807, 2.05) is 69.0 Å². The summed E-state index contributed by atoms with van der Waals surface area (Å²) in [5.74, 6) is 0.837. The summed E-state index contributed by atoms with van der Waals surface area (Å²) < 4.78 is 77.5. The van der Waals surface area contributed by atoms with Crippen LogP contribution < -0.4 is 64.9 Å². The number of para-hydroxylation sites is 1. The molecule has 1 saturated heterocycles. The van der Waals surface area contributed by atoms with Crippen molar-refractivity contribution in [3.05, 3.63) is 254 Å². The number of halogens is 1. The standard InChI is InChI=1S/C32H39N3O5S.C22H27NO4.C12H15NO3.C10H12O2.C7H7ClO2S.CN.CH4.2B.Na/c1-20-9-6-13-25(17-20)41(38,39)34-29-26-18-23(14-15-27(26)40-32(4,5)30(29)36)31(37)35-16-8-12-24(35)19-33-28-21(2)10-7-11-22(28)3;1-5-14-6-8-15(9-7-14)13-23-19-17-12-16(21(25)26-4)10-11-18(17)27-22(2,3)20(19)24;1-16-12(15)8-3-2-7-4-5-10(14)11(13)9(7)6-8;1-3-8-4-5-9(7-11)10(6-8)12-2;1-6-3-2-4-7(5-6)11(8,9)10;1-2;;;;/h6-7,9-11,13-15,17-18,24,29-30,33-34,36H,8,12,16,19H2,1-5H3;6-12,19-20,23-24H,5,13H2,1-4H3;2-3,6,10-11,14H,4-5,13H2,1H3;4-7H,3H2,1-2H3;2-5H,1H3;;1H4;;;/q;;;;;-1;;;;+1/t24-,29+,30-;19-,20+;10-,11-;;;;;;;/m011......./s1. The normalized spacial score (nSPS) is 18.3. The van der Waals surface area contributed by atoms with Crippen molar-refractivity contribution in [3.8, 4) is 17.2 Å². The molecule has 0 aromatic heterocycles. The van der Waals surface area contributed by atoms with E-state index in [-0.39, 0.29) is 87.6 Å². The summed E-state index contributed by atoms with van der Waals surface area (Å²) in [6.07, 6.45) is 3.54. The minimum Gasteiger partial charge on any atom is -0.512 e. The molecule has 113 heavy (non-hydrogen) atoms. The fourth-order valence-corrected chi connectivity index (χ4v) is 15.3. The molecule has 0 spiro atoms. The molecule has 28 heteroatoms. The van der Waals surface area contributed by atoms with Crippen molar-refractivity contribution in [2.45, 2.75) is 185 Å². The smallest absolute Gasteiger partial charge is 0.512 e. The van der Waals surface area contributed by atoms with Gasteiger partial charge < -0.3 is 72.1 Å². The van der Waals surface area contributed by atoms with E-state index in [9.17, 15) is 51.3 Å². The molecule has 8 N–H and O–H groups in total. The molecule has 0 bridgehead atoms. The monoisotopic (exact) mass is 1610 g/mol. The first-order valence-electron chi connectivity index (χ1n) is 35.8. The van der Waals surface area contributed by atoms with Gasteiger partial charge in [0.1, 0.15) is 40.7 Å². The summed E-state index contributed by atoms with van der Waals surface area (Å²) in [7, 11) is 1.84. The molecule has 0 unspecified atom stereocenters. The van der Waals surface area contributed by atoms with Gasteiger partial charge in [-0.1, -0.05) is 100 Å². The third-order valence-electron chi connectivity index (χ3n) is 19.5. The van der Waals surface area contributed by atoms with Crippen molar-refractivity contribution in [3.63, 3.8) is 0 Å². The molecule has 596 valence electrons. The van der Waals surface area contributed by atoms with Crippen LogP contribution in [0.25, 0.3) is 0 Å². The molecule has 1 amide bonds. The average Bonchev–Trinajstić information content (AvgIpc) is 1.00. The number of anilines is 1. The fraction of sp³-hybridized carbons (Fsp3) is 0.376. The van der Waals surface area contributed by atoms with Crippen LogP contribution in [0.2, 0.25) is 0 Å². The zero-order valence-electron chi connectivity index (χ0n) is 66.0. The molecule has 8 aromatic carbocycles. The van der Waals surface area contributed by atoms with Crippen molar-refractivity contribution < 1.29 is 105 Å². The number of amides is 1. The molecular formula is C85H104B2ClN6NaO16S2. The third kappa shape index (κ3) is 25.8. The van der Waals surface area contributed by atoms with Crippen LogP contribution in [0.1, 0.15) is 189 Å². The largest absolute Gasteiger partial charge is 1.00 e. The molecule has 8 aromatic rings. The Balaban J connectivity index is 0.000000395. The van der Waals surface area contributed by atoms with Gasteiger partial charge in [0.2, 0.25) is 10.0 Å². The number of carbonyl (C=O) groups excluding carboxylic acids is 4. The van der Waals surface area contributed by atoms with Crippen LogP contribution in [0, 0.1) is 39.5 Å². The van der Waals surface area contributed by atoms with E-state index in [0.717, 1.165) is 88.6 Å². The van der Waals surface area contributed by atoms with Gasteiger partial charge in [-0.15, -0.1) is 0 Å². The predicted octanol–water partition coefficient (Wildman–Crippen LogP) is 10.0. The SMILES string of the molecule is C.CCc1ccc(C=O)c(OC)c1.CCc1ccc(CN[C@@H]2c3cc(C(=O)OC)ccc3OC(C)(C)[C@H]2O)cc1.COC(=O)c1ccc2c(c1)[C@@H](N)[C@H](O)CC2.Cc1cccc(S(=O)(=O)Cl)c1.Cc1cccc(S(=O)(=O)N[C@@H]2c3cc(C(=O)N4CCC[C@H]4CNc4c(C)cccc4C)ccc3OC(C)(C)[C@H]2O)c1.[B].[B].[C-]#N.[Na+]. The molecular weight excluding hydrogens is 1510 g/mol. The Labute approximate surface area is 697 Å². The van der Waals surface area contributed by atoms with E-state index in [1.165, 1.54) is 43.5 Å². The Morgan fingerprint density at radius 3 is 1.65 bits per heavy atom. The van der Waals surface area contributed by atoms with Crippen LogP contribution in [-0.2, 0) is 54.4 Å². The van der Waals surface area contributed by atoms with Gasteiger partial charge in [-0.2, -0.15) is 0 Å². The van der Waals surface area contributed by atoms with Crippen LogP contribution in [0.3, 0.4) is 0 Å². The Morgan fingerprint density at radius 1 is 0.646 bits per heavy atom. The molecule has 0 saturated carbocycles. The summed E-state index contributed by atoms with van der Waals surface area (Å²) in [5, 5.41) is 45.1. The number of nitrogens with two attached hydrogens (primary N) is 1. The Kier molecular flexibility index (Phi) is 38.9. The number of carbonyl (C=O) groups is 4. The molecule has 7 atom stereocenters. The summed E-state index contributed by atoms with van der Waals surface area (Å²) in [4.78, 5) is 49.7. The van der Waals surface area contributed by atoms with Gasteiger partial charge in [-0.3, -0.25) is 9.59 Å². The Morgan fingerprint density at radius 2 is 1.13 bits per heavy atom. The topological polar surface area (TPSA) is 333 Å². The number of benzene rings is 8. The van der Waals surface area contributed by atoms with E-state index in [1.54, 1.807) is 93.8 Å². The minimum absolute atomic E-state index is 0. The van der Waals surface area contributed by atoms with E-state index < -0.39 is 66.6 Å². The molecule has 1 fully saturated rings. The molecule has 4 aliphatic rings. The van der Waals surface area contributed by atoms with Crippen LogP contribution in [-0.4, -0.2) is 148 Å². The van der Waals surface area contributed by atoms with Gasteiger partial charge in [0.25, 0.3) is 15.0 Å². The van der Waals surface area contributed by atoms with E-state index >= 15 is 0 Å². The number of aldehydes is 1. The first-order chi connectivity index (χ1) is 51.7. The van der Waals surface area contributed by atoms with E-state index in [4.69, 9.17) is 47.2 Å². The quantitative estimate of drug-likeness (QED) is 0.0146. The molecule has 12 rings (SSSR count). The second kappa shape index (κ2) is 44.5. The minimum atomic E-state index is -3.98. The van der Waals surface area contributed by atoms with Crippen molar-refractivity contribution >= 4 is 76.4 Å². The van der Waals surface area contributed by atoms with Crippen molar-refractivity contribution in [2.75, 3.05) is 39.7 Å². The summed E-state index contributed by atoms with van der Waals surface area (Å²) in [6, 6.07) is 47.1. The van der Waals surface area contributed by atoms with E-state index in [0.29, 0.717) is 71.1 Å². The zero-order chi connectivity index (χ0) is 80.3. The average molecular weight is 1610 g/mol. The Bertz CT molecular complexity index is 4750. The number of hydrogen-bond acceptors (Lipinski definition) is 20. The maximum atomic E-state index is 13.8. The number of aliphatic hydroxyl groups is 3. The number of sulfonamides is 1. The maximum Gasteiger partial charge on any atom is 1.00 e. The number of aliphatic hydroxyl groups excluding tert-OH is 3. The number of hydrogen-bond donors (Lipinski definition) is 7. The molecule has 1 aliphatic carbocycles. The van der Waals surface area contributed by atoms with Gasteiger partial charge >= 0.3 is 41.5 Å². The van der Waals surface area contributed by atoms with Crippen LogP contribution in [0.15, 0.2) is 174 Å². The summed E-state index contributed by atoms with van der Waals surface area (Å²) >= 11 is 0. The third-order valence-corrected chi connectivity index (χ3v) is 22.3. The van der Waals surface area contributed by atoms with Crippen LogP contribution in [0.5, 0.6) is 17.2 Å². The number of nitrogens with zero attached hydrogens (tertiary/aromatic N) is 2. The molecule has 6 radical (unpaired) electrons. The van der Waals surface area contributed by atoms with Crippen LogP contribution in [0.4, 0.5) is 5.69 Å². The first kappa shape index (κ1) is 98.8. The number of ether oxygens (including phenoxy) is 5. The number of fused-ring (bicyclic) bond motifs is 3. The fourth-order valence-electron chi connectivity index (χ4n) is 13.2. The number of esters is 2. The molecule has 3 heterocycles. The second-order valence-electron chi connectivity index (χ2n) is 28.0. The first-order valence-corrected chi connectivity index (χ1v) is 39.6. The van der Waals surface area contributed by atoms with Gasteiger partial charge in [0.05, 0.1) is 72.0 Å². The van der Waals surface area contributed by atoms with E-state index in [2.05, 4.69) is 84.2 Å². The van der Waals surface area contributed by atoms with Crippen molar-refractivity contribution in [1.29, 1.82) is 5.26 Å². The number of aryl methyl sites for hydroxylation is 7. The van der Waals surface area contributed by atoms with Gasteiger partial charge in [-0.05, 0) is 229 Å². The zero-order valence-corrected chi connectivity index (χ0v) is 70.4. The second-order valence-corrected chi connectivity index (χ2v) is 32.3. The molecule has 22 nitrogen and oxygen atoms in total. The summed E-state index contributed by atoms with van der Waals surface area (Å²) in [5.41, 5.74) is 17.9. The van der Waals surface area contributed by atoms with Gasteiger partial charge in [0, 0.05) is 75.6 Å². The molecule has 3 aliphatic heterocycles. The maximum absolute atomic E-state index is 13.8. The van der Waals surface area contributed by atoms with Crippen molar-refractivity contribution in [2.24, 2.45) is 5.73 Å². The van der Waals surface area contributed by atoms with Gasteiger partial charge in [-0.25, -0.2) is 31.1 Å². The van der Waals surface area contributed by atoms with Crippen molar-refractivity contribution in [1.82, 2.24) is 14.9 Å². The summed E-state index contributed by atoms with van der Waals surface area (Å²) in [6.45, 7) is 25.7. The number of methoxy groups -OCH3 is 3. The van der Waals surface area contributed by atoms with Gasteiger partial charge in [0.15, 0.2) is 6.29 Å². The predicted molar refractivity (Wildman–Crippen MR) is 438 cm³/mol.